The first-order chi connectivity index (χ1) is 10.3. The quantitative estimate of drug-likeness (QED) is 0.758. The van der Waals surface area contributed by atoms with Crippen molar-refractivity contribution in [2.45, 2.75) is 13.3 Å². The fourth-order valence-corrected chi connectivity index (χ4v) is 2.90. The topological polar surface area (TPSA) is 62.7 Å². The molecule has 1 aromatic carbocycles. The summed E-state index contributed by atoms with van der Waals surface area (Å²) in [7, 11) is 1.83. The van der Waals surface area contributed by atoms with Gasteiger partial charge in [0.15, 0.2) is 0 Å². The number of fused-ring (bicyclic) bond motifs is 1. The summed E-state index contributed by atoms with van der Waals surface area (Å²) in [6, 6.07) is 8.01. The molecule has 3 rings (SSSR count). The number of aromatic nitrogens is 3. The molecular weight excluding hydrogens is 282 g/mol. The van der Waals surface area contributed by atoms with Gasteiger partial charge in [-0.1, -0.05) is 12.1 Å². The fraction of sp³-hybridized carbons (Fsp3) is 0.267. The SMILES string of the molecule is CNc1nc(NCCc2nc(C)cs2)c2ccccc2n1. The summed E-state index contributed by atoms with van der Waals surface area (Å²) in [4.78, 5) is 13.4. The first-order valence-corrected chi connectivity index (χ1v) is 7.73. The molecule has 0 atom stereocenters. The molecule has 0 spiro atoms. The molecule has 2 N–H and O–H groups in total. The number of nitrogens with zero attached hydrogens (tertiary/aromatic N) is 3. The minimum Gasteiger partial charge on any atom is -0.369 e. The first kappa shape index (κ1) is 13.8. The Labute approximate surface area is 127 Å². The van der Waals surface area contributed by atoms with E-state index in [9.17, 15) is 0 Å². The highest BCUT2D eigenvalue weighted by Gasteiger charge is 2.06. The number of anilines is 2. The van der Waals surface area contributed by atoms with E-state index in [-0.39, 0.29) is 0 Å². The summed E-state index contributed by atoms with van der Waals surface area (Å²) in [5.41, 5.74) is 2.02. The monoisotopic (exact) mass is 299 g/mol. The Kier molecular flexibility index (Phi) is 3.96. The maximum Gasteiger partial charge on any atom is 0.224 e. The average molecular weight is 299 g/mol. The maximum atomic E-state index is 4.51. The molecule has 0 saturated heterocycles. The van der Waals surface area contributed by atoms with Crippen molar-refractivity contribution in [3.63, 3.8) is 0 Å². The van der Waals surface area contributed by atoms with Gasteiger partial charge >= 0.3 is 0 Å². The van der Waals surface area contributed by atoms with Crippen LogP contribution in [0.15, 0.2) is 29.6 Å². The highest BCUT2D eigenvalue weighted by molar-refractivity contribution is 7.09. The van der Waals surface area contributed by atoms with Crippen molar-refractivity contribution >= 4 is 34.0 Å². The molecule has 2 aromatic heterocycles. The normalized spacial score (nSPS) is 10.8. The molecule has 0 amide bonds. The Morgan fingerprint density at radius 2 is 2.00 bits per heavy atom. The summed E-state index contributed by atoms with van der Waals surface area (Å²) in [5, 5.41) is 10.7. The molecule has 0 radical (unpaired) electrons. The fourth-order valence-electron chi connectivity index (χ4n) is 2.13. The van der Waals surface area contributed by atoms with E-state index in [0.29, 0.717) is 5.95 Å². The standard InChI is InChI=1S/C15H17N5S/c1-10-9-21-13(18-10)7-8-17-14-11-5-3-4-6-12(11)19-15(16-2)20-14/h3-6,9H,7-8H2,1-2H3,(H2,16,17,19,20). The third-order valence-corrected chi connectivity index (χ3v) is 4.15. The van der Waals surface area contributed by atoms with Gasteiger partial charge in [-0.2, -0.15) is 4.98 Å². The molecule has 0 saturated carbocycles. The highest BCUT2D eigenvalue weighted by atomic mass is 32.1. The van der Waals surface area contributed by atoms with Crippen LogP contribution in [0.2, 0.25) is 0 Å². The molecule has 2 heterocycles. The molecule has 0 fully saturated rings. The van der Waals surface area contributed by atoms with E-state index in [1.807, 2.05) is 38.2 Å². The van der Waals surface area contributed by atoms with Crippen LogP contribution in [0.4, 0.5) is 11.8 Å². The van der Waals surface area contributed by atoms with Gasteiger partial charge in [0.05, 0.1) is 10.5 Å². The zero-order valence-corrected chi connectivity index (χ0v) is 12.9. The molecule has 0 unspecified atom stereocenters. The van der Waals surface area contributed by atoms with Crippen LogP contribution >= 0.6 is 11.3 Å². The second-order valence-corrected chi connectivity index (χ2v) is 5.67. The van der Waals surface area contributed by atoms with Crippen LogP contribution in [0, 0.1) is 6.92 Å². The lowest BCUT2D eigenvalue weighted by molar-refractivity contribution is 0.978. The van der Waals surface area contributed by atoms with Crippen LogP contribution in [0.5, 0.6) is 0 Å². The second kappa shape index (κ2) is 6.05. The molecule has 108 valence electrons. The van der Waals surface area contributed by atoms with Gasteiger partial charge in [0, 0.05) is 36.5 Å². The highest BCUT2D eigenvalue weighted by Crippen LogP contribution is 2.21. The predicted octanol–water partition coefficient (Wildman–Crippen LogP) is 3.09. The lowest BCUT2D eigenvalue weighted by atomic mass is 10.2. The molecule has 0 bridgehead atoms. The van der Waals surface area contributed by atoms with Gasteiger partial charge in [-0.25, -0.2) is 9.97 Å². The van der Waals surface area contributed by atoms with E-state index in [0.717, 1.165) is 40.4 Å². The first-order valence-electron chi connectivity index (χ1n) is 6.85. The number of aryl methyl sites for hydroxylation is 1. The maximum absolute atomic E-state index is 4.51. The summed E-state index contributed by atoms with van der Waals surface area (Å²) < 4.78 is 0. The summed E-state index contributed by atoms with van der Waals surface area (Å²) in [6.07, 6.45) is 0.895. The van der Waals surface area contributed by atoms with E-state index in [1.165, 1.54) is 0 Å². The van der Waals surface area contributed by atoms with Gasteiger partial charge in [0.25, 0.3) is 0 Å². The van der Waals surface area contributed by atoms with Gasteiger partial charge in [-0.3, -0.25) is 0 Å². The molecule has 0 aliphatic rings. The van der Waals surface area contributed by atoms with E-state index >= 15 is 0 Å². The van der Waals surface area contributed by atoms with E-state index in [2.05, 4.69) is 31.0 Å². The van der Waals surface area contributed by atoms with Crippen LogP contribution in [0.25, 0.3) is 10.9 Å². The lowest BCUT2D eigenvalue weighted by Gasteiger charge is -2.09. The van der Waals surface area contributed by atoms with Gasteiger partial charge in [0.2, 0.25) is 5.95 Å². The van der Waals surface area contributed by atoms with E-state index in [4.69, 9.17) is 0 Å². The van der Waals surface area contributed by atoms with Crippen molar-refractivity contribution in [3.05, 3.63) is 40.3 Å². The van der Waals surface area contributed by atoms with Crippen molar-refractivity contribution in [1.82, 2.24) is 15.0 Å². The third-order valence-electron chi connectivity index (χ3n) is 3.12. The number of hydrogen-bond acceptors (Lipinski definition) is 6. The average Bonchev–Trinajstić information content (AvgIpc) is 2.92. The van der Waals surface area contributed by atoms with E-state index < -0.39 is 0 Å². The number of benzene rings is 1. The van der Waals surface area contributed by atoms with Gasteiger partial charge in [0.1, 0.15) is 5.82 Å². The van der Waals surface area contributed by atoms with Crippen molar-refractivity contribution < 1.29 is 0 Å². The number of para-hydroxylation sites is 1. The van der Waals surface area contributed by atoms with Gasteiger partial charge in [-0.05, 0) is 19.1 Å². The Morgan fingerprint density at radius 1 is 1.14 bits per heavy atom. The molecule has 0 aliphatic heterocycles. The zero-order valence-electron chi connectivity index (χ0n) is 12.1. The molecule has 0 aliphatic carbocycles. The second-order valence-electron chi connectivity index (χ2n) is 4.72. The Morgan fingerprint density at radius 3 is 2.76 bits per heavy atom. The van der Waals surface area contributed by atoms with Crippen molar-refractivity contribution in [2.24, 2.45) is 0 Å². The number of rotatable bonds is 5. The smallest absolute Gasteiger partial charge is 0.224 e. The van der Waals surface area contributed by atoms with Crippen LogP contribution in [0.1, 0.15) is 10.7 Å². The number of nitrogens with one attached hydrogen (secondary N) is 2. The van der Waals surface area contributed by atoms with Crippen LogP contribution < -0.4 is 10.6 Å². The molecule has 3 aromatic rings. The number of thiazole rings is 1. The van der Waals surface area contributed by atoms with Crippen molar-refractivity contribution in [1.29, 1.82) is 0 Å². The predicted molar refractivity (Wildman–Crippen MR) is 88.1 cm³/mol. The minimum atomic E-state index is 0.626. The summed E-state index contributed by atoms with van der Waals surface area (Å²) >= 11 is 1.70. The third kappa shape index (κ3) is 3.11. The van der Waals surface area contributed by atoms with Crippen LogP contribution in [-0.4, -0.2) is 28.5 Å². The molecule has 21 heavy (non-hydrogen) atoms. The van der Waals surface area contributed by atoms with Crippen LogP contribution in [-0.2, 0) is 6.42 Å². The van der Waals surface area contributed by atoms with Gasteiger partial charge < -0.3 is 10.6 Å². The number of hydrogen-bond donors (Lipinski definition) is 2. The molecule has 5 nitrogen and oxygen atoms in total. The van der Waals surface area contributed by atoms with Crippen LogP contribution in [0.3, 0.4) is 0 Å². The molecular formula is C15H17N5S. The summed E-state index contributed by atoms with van der Waals surface area (Å²) in [5.74, 6) is 1.49. The Balaban J connectivity index is 1.79. The molecule has 6 heteroatoms. The minimum absolute atomic E-state index is 0.626. The van der Waals surface area contributed by atoms with E-state index in [1.54, 1.807) is 11.3 Å². The Bertz CT molecular complexity index is 753. The Hall–Kier alpha value is -2.21. The van der Waals surface area contributed by atoms with Crippen molar-refractivity contribution in [2.75, 3.05) is 24.2 Å². The lowest BCUT2D eigenvalue weighted by Crippen LogP contribution is -2.08. The van der Waals surface area contributed by atoms with Crippen molar-refractivity contribution in [3.8, 4) is 0 Å². The largest absolute Gasteiger partial charge is 0.369 e. The van der Waals surface area contributed by atoms with Gasteiger partial charge in [-0.15, -0.1) is 11.3 Å². The zero-order chi connectivity index (χ0) is 14.7. The summed E-state index contributed by atoms with van der Waals surface area (Å²) in [6.45, 7) is 2.82.